The van der Waals surface area contributed by atoms with Crippen molar-refractivity contribution in [1.82, 2.24) is 14.8 Å². The molecular formula is C15H18N4O2. The van der Waals surface area contributed by atoms with E-state index in [2.05, 4.69) is 15.4 Å². The Morgan fingerprint density at radius 3 is 3.05 bits per heavy atom. The molecule has 0 unspecified atom stereocenters. The third kappa shape index (κ3) is 3.88. The van der Waals surface area contributed by atoms with Crippen molar-refractivity contribution < 1.29 is 9.53 Å². The molecule has 6 heteroatoms. The van der Waals surface area contributed by atoms with Gasteiger partial charge in [-0.3, -0.25) is 14.5 Å². The lowest BCUT2D eigenvalue weighted by Crippen LogP contribution is -2.16. The van der Waals surface area contributed by atoms with Crippen molar-refractivity contribution in [2.45, 2.75) is 19.4 Å². The first-order valence-corrected chi connectivity index (χ1v) is 7.08. The minimum Gasteiger partial charge on any atom is -0.381 e. The zero-order valence-corrected chi connectivity index (χ0v) is 11.7. The monoisotopic (exact) mass is 286 g/mol. The number of carbonyl (C=O) groups is 1. The Balaban J connectivity index is 1.53. The molecule has 1 amide bonds. The van der Waals surface area contributed by atoms with Crippen LogP contribution in [0.1, 0.15) is 18.4 Å². The van der Waals surface area contributed by atoms with Crippen LogP contribution in [0, 0.1) is 5.92 Å². The average Bonchev–Trinajstić information content (AvgIpc) is 3.12. The minimum atomic E-state index is 0.0222. The largest absolute Gasteiger partial charge is 0.381 e. The van der Waals surface area contributed by atoms with Crippen molar-refractivity contribution in [2.24, 2.45) is 5.92 Å². The average molecular weight is 286 g/mol. The van der Waals surface area contributed by atoms with Crippen LogP contribution in [0.3, 0.4) is 0 Å². The van der Waals surface area contributed by atoms with Crippen LogP contribution in [-0.2, 0) is 16.1 Å². The van der Waals surface area contributed by atoms with Gasteiger partial charge in [-0.2, -0.15) is 5.10 Å². The van der Waals surface area contributed by atoms with Crippen LogP contribution in [0.2, 0.25) is 0 Å². The van der Waals surface area contributed by atoms with Crippen LogP contribution in [0.4, 0.5) is 5.69 Å². The number of nitrogens with zero attached hydrogens (tertiary/aromatic N) is 3. The Labute approximate surface area is 123 Å². The van der Waals surface area contributed by atoms with E-state index in [0.29, 0.717) is 25.5 Å². The van der Waals surface area contributed by atoms with Crippen molar-refractivity contribution in [3.05, 3.63) is 42.5 Å². The second-order valence-electron chi connectivity index (χ2n) is 5.26. The number of hydrogen-bond donors (Lipinski definition) is 1. The summed E-state index contributed by atoms with van der Waals surface area (Å²) in [7, 11) is 0. The fraction of sp³-hybridized carbons (Fsp3) is 0.400. The maximum atomic E-state index is 11.9. The van der Waals surface area contributed by atoms with Gasteiger partial charge in [0.1, 0.15) is 0 Å². The van der Waals surface area contributed by atoms with E-state index >= 15 is 0 Å². The van der Waals surface area contributed by atoms with Crippen molar-refractivity contribution >= 4 is 11.6 Å². The van der Waals surface area contributed by atoms with Gasteiger partial charge >= 0.3 is 0 Å². The summed E-state index contributed by atoms with van der Waals surface area (Å²) in [5, 5.41) is 7.14. The van der Waals surface area contributed by atoms with Gasteiger partial charge < -0.3 is 10.1 Å². The van der Waals surface area contributed by atoms with Crippen molar-refractivity contribution in [1.29, 1.82) is 0 Å². The van der Waals surface area contributed by atoms with Gasteiger partial charge in [0, 0.05) is 38.2 Å². The molecule has 2 aromatic rings. The number of nitrogens with one attached hydrogen (secondary N) is 1. The van der Waals surface area contributed by atoms with Gasteiger partial charge in [-0.05, 0) is 30.0 Å². The van der Waals surface area contributed by atoms with Crippen LogP contribution in [-0.4, -0.2) is 33.9 Å². The quantitative estimate of drug-likeness (QED) is 0.908. The molecule has 3 heterocycles. The second-order valence-corrected chi connectivity index (χ2v) is 5.26. The fourth-order valence-corrected chi connectivity index (χ4v) is 2.41. The van der Waals surface area contributed by atoms with E-state index in [1.165, 1.54) is 0 Å². The third-order valence-corrected chi connectivity index (χ3v) is 3.51. The predicted octanol–water partition coefficient (Wildman–Crippen LogP) is 1.69. The van der Waals surface area contributed by atoms with Gasteiger partial charge in [-0.15, -0.1) is 0 Å². The van der Waals surface area contributed by atoms with E-state index in [1.807, 2.05) is 18.3 Å². The van der Waals surface area contributed by atoms with Crippen LogP contribution in [0.5, 0.6) is 0 Å². The van der Waals surface area contributed by atoms with E-state index in [0.717, 1.165) is 24.3 Å². The van der Waals surface area contributed by atoms with E-state index in [-0.39, 0.29) is 5.91 Å². The first-order valence-electron chi connectivity index (χ1n) is 7.08. The van der Waals surface area contributed by atoms with Gasteiger partial charge in [-0.1, -0.05) is 0 Å². The molecule has 3 rings (SSSR count). The molecule has 0 aromatic carbocycles. The number of hydrogen-bond acceptors (Lipinski definition) is 4. The Bertz CT molecular complexity index is 591. The minimum absolute atomic E-state index is 0.0222. The third-order valence-electron chi connectivity index (χ3n) is 3.51. The molecule has 1 fully saturated rings. The van der Waals surface area contributed by atoms with Crippen LogP contribution < -0.4 is 5.32 Å². The summed E-state index contributed by atoms with van der Waals surface area (Å²) in [5.74, 6) is 0.367. The number of rotatable bonds is 5. The molecule has 6 nitrogen and oxygen atoms in total. The molecule has 21 heavy (non-hydrogen) atoms. The summed E-state index contributed by atoms with van der Waals surface area (Å²) in [4.78, 5) is 15.9. The Kier molecular flexibility index (Phi) is 4.25. The van der Waals surface area contributed by atoms with Crippen LogP contribution >= 0.6 is 0 Å². The highest BCUT2D eigenvalue weighted by atomic mass is 16.5. The molecule has 1 N–H and O–H groups in total. The van der Waals surface area contributed by atoms with Gasteiger partial charge in [-0.25, -0.2) is 0 Å². The first-order chi connectivity index (χ1) is 10.3. The summed E-state index contributed by atoms with van der Waals surface area (Å²) < 4.78 is 7.07. The second kappa shape index (κ2) is 6.49. The predicted molar refractivity (Wildman–Crippen MR) is 77.7 cm³/mol. The zero-order chi connectivity index (χ0) is 14.5. The molecule has 110 valence electrons. The lowest BCUT2D eigenvalue weighted by Gasteiger charge is -2.06. The Morgan fingerprint density at radius 1 is 1.43 bits per heavy atom. The molecule has 1 aliphatic heterocycles. The molecule has 0 spiro atoms. The van der Waals surface area contributed by atoms with Gasteiger partial charge in [0.05, 0.1) is 18.4 Å². The summed E-state index contributed by atoms with van der Waals surface area (Å²) in [6, 6.07) is 3.89. The molecular weight excluding hydrogens is 268 g/mol. The van der Waals surface area contributed by atoms with Crippen molar-refractivity contribution in [2.75, 3.05) is 18.5 Å². The summed E-state index contributed by atoms with van der Waals surface area (Å²) in [5.41, 5.74) is 1.85. The maximum absolute atomic E-state index is 11.9. The molecule has 0 saturated carbocycles. The lowest BCUT2D eigenvalue weighted by atomic mass is 10.1. The fourth-order valence-electron chi connectivity index (χ4n) is 2.41. The molecule has 0 bridgehead atoms. The smallest absolute Gasteiger partial charge is 0.224 e. The van der Waals surface area contributed by atoms with E-state index in [9.17, 15) is 4.79 Å². The van der Waals surface area contributed by atoms with Gasteiger partial charge in [0.15, 0.2) is 0 Å². The normalized spacial score (nSPS) is 17.8. The SMILES string of the molecule is O=C(C[C@H]1CCOC1)Nc1cnn(Cc2ccncc2)c1. The number of ether oxygens (including phenoxy) is 1. The van der Waals surface area contributed by atoms with Gasteiger partial charge in [0.25, 0.3) is 0 Å². The van der Waals surface area contributed by atoms with Gasteiger partial charge in [0.2, 0.25) is 5.91 Å². The number of anilines is 1. The topological polar surface area (TPSA) is 69.0 Å². The molecule has 0 aliphatic carbocycles. The first kappa shape index (κ1) is 13.8. The molecule has 1 saturated heterocycles. The number of pyridine rings is 1. The highest BCUT2D eigenvalue weighted by molar-refractivity contribution is 5.90. The number of carbonyl (C=O) groups excluding carboxylic acids is 1. The van der Waals surface area contributed by atoms with E-state index in [1.54, 1.807) is 23.3 Å². The highest BCUT2D eigenvalue weighted by Crippen LogP contribution is 2.17. The standard InChI is InChI=1S/C15H18N4O2/c20-15(7-13-3-6-21-11-13)18-14-8-17-19(10-14)9-12-1-4-16-5-2-12/h1-2,4-5,8,10,13H,3,6-7,9,11H2,(H,18,20)/t13-/m1/s1. The van der Waals surface area contributed by atoms with E-state index in [4.69, 9.17) is 4.74 Å². The van der Waals surface area contributed by atoms with Crippen molar-refractivity contribution in [3.63, 3.8) is 0 Å². The maximum Gasteiger partial charge on any atom is 0.224 e. The molecule has 0 radical (unpaired) electrons. The Hall–Kier alpha value is -2.21. The van der Waals surface area contributed by atoms with E-state index < -0.39 is 0 Å². The summed E-state index contributed by atoms with van der Waals surface area (Å²) in [6.07, 6.45) is 8.49. The Morgan fingerprint density at radius 2 is 2.29 bits per heavy atom. The molecule has 1 aliphatic rings. The van der Waals surface area contributed by atoms with Crippen LogP contribution in [0.25, 0.3) is 0 Å². The number of aromatic nitrogens is 3. The lowest BCUT2D eigenvalue weighted by molar-refractivity contribution is -0.117. The zero-order valence-electron chi connectivity index (χ0n) is 11.7. The van der Waals surface area contributed by atoms with Crippen LogP contribution in [0.15, 0.2) is 36.9 Å². The highest BCUT2D eigenvalue weighted by Gasteiger charge is 2.19. The number of amides is 1. The summed E-state index contributed by atoms with van der Waals surface area (Å²) in [6.45, 7) is 2.12. The summed E-state index contributed by atoms with van der Waals surface area (Å²) >= 11 is 0. The van der Waals surface area contributed by atoms with Crippen molar-refractivity contribution in [3.8, 4) is 0 Å². The molecule has 1 atom stereocenters. The molecule has 2 aromatic heterocycles.